The number of halogens is 1. The molecule has 15 heavy (non-hydrogen) atoms. The van der Waals surface area contributed by atoms with Crippen molar-refractivity contribution in [2.75, 3.05) is 13.2 Å². The molecule has 1 rings (SSSR count). The third-order valence-electron chi connectivity index (χ3n) is 2.11. The third kappa shape index (κ3) is 4.01. The van der Waals surface area contributed by atoms with E-state index in [0.717, 1.165) is 10.0 Å². The Bertz CT molecular complexity index is 324. The molecule has 1 aromatic rings. The number of esters is 1. The summed E-state index contributed by atoms with van der Waals surface area (Å²) in [6, 6.07) is 7.85. The van der Waals surface area contributed by atoms with Crippen LogP contribution in [0.15, 0.2) is 28.7 Å². The second-order valence-corrected chi connectivity index (χ2v) is 4.20. The summed E-state index contributed by atoms with van der Waals surface area (Å²) in [6.07, 6.45) is 0. The third-order valence-corrected chi connectivity index (χ3v) is 2.64. The van der Waals surface area contributed by atoms with Crippen LogP contribution in [-0.4, -0.2) is 19.1 Å². The van der Waals surface area contributed by atoms with Crippen molar-refractivity contribution in [2.45, 2.75) is 12.8 Å². The first-order valence-electron chi connectivity index (χ1n) is 4.72. The fourth-order valence-electron chi connectivity index (χ4n) is 1.25. The minimum Gasteiger partial charge on any atom is -0.465 e. The Morgan fingerprint density at radius 1 is 1.47 bits per heavy atom. The Kier molecular flexibility index (Phi) is 4.78. The number of hydrogen-bond acceptors (Lipinski definition) is 3. The van der Waals surface area contributed by atoms with Crippen molar-refractivity contribution in [3.05, 3.63) is 34.3 Å². The zero-order chi connectivity index (χ0) is 11.3. The van der Waals surface area contributed by atoms with Crippen LogP contribution in [0.2, 0.25) is 0 Å². The number of benzene rings is 1. The molecular formula is C11H14BrNO2. The van der Waals surface area contributed by atoms with Gasteiger partial charge in [-0.05, 0) is 17.7 Å². The lowest BCUT2D eigenvalue weighted by Crippen LogP contribution is -2.19. The van der Waals surface area contributed by atoms with E-state index >= 15 is 0 Å². The zero-order valence-corrected chi connectivity index (χ0v) is 10.2. The maximum Gasteiger partial charge on any atom is 0.302 e. The Balaban J connectivity index is 2.65. The quantitative estimate of drug-likeness (QED) is 0.853. The van der Waals surface area contributed by atoms with Gasteiger partial charge in [-0.25, -0.2) is 0 Å². The second-order valence-electron chi connectivity index (χ2n) is 3.29. The average molecular weight is 272 g/mol. The highest BCUT2D eigenvalue weighted by atomic mass is 79.9. The summed E-state index contributed by atoms with van der Waals surface area (Å²) in [5.74, 6) is -0.201. The van der Waals surface area contributed by atoms with Gasteiger partial charge in [0.25, 0.3) is 0 Å². The smallest absolute Gasteiger partial charge is 0.302 e. The molecule has 3 nitrogen and oxygen atoms in total. The molecule has 0 aromatic heterocycles. The number of hydrogen-bond donors (Lipinski definition) is 1. The molecule has 0 spiro atoms. The fourth-order valence-corrected chi connectivity index (χ4v) is 1.52. The molecule has 0 saturated carbocycles. The van der Waals surface area contributed by atoms with Crippen LogP contribution in [0.3, 0.4) is 0 Å². The molecule has 2 N–H and O–H groups in total. The molecule has 0 fully saturated rings. The molecule has 0 amide bonds. The average Bonchev–Trinajstić information content (AvgIpc) is 2.21. The van der Waals surface area contributed by atoms with E-state index in [-0.39, 0.29) is 11.9 Å². The zero-order valence-electron chi connectivity index (χ0n) is 8.57. The molecule has 0 bridgehead atoms. The van der Waals surface area contributed by atoms with E-state index in [1.54, 1.807) is 0 Å². The lowest BCUT2D eigenvalue weighted by Gasteiger charge is -2.14. The van der Waals surface area contributed by atoms with Crippen LogP contribution in [0.4, 0.5) is 0 Å². The van der Waals surface area contributed by atoms with Gasteiger partial charge in [-0.3, -0.25) is 4.79 Å². The predicted molar refractivity (Wildman–Crippen MR) is 62.6 cm³/mol. The highest BCUT2D eigenvalue weighted by Gasteiger charge is 2.10. The fraction of sp³-hybridized carbons (Fsp3) is 0.364. The standard InChI is InChI=1S/C11H14BrNO2/c1-8(14)15-7-10(6-13)9-2-4-11(12)5-3-9/h2-5,10H,6-7,13H2,1H3. The summed E-state index contributed by atoms with van der Waals surface area (Å²) in [4.78, 5) is 10.7. The maximum absolute atomic E-state index is 10.7. The van der Waals surface area contributed by atoms with Crippen molar-refractivity contribution in [1.82, 2.24) is 0 Å². The van der Waals surface area contributed by atoms with Crippen LogP contribution in [0, 0.1) is 0 Å². The first kappa shape index (κ1) is 12.2. The van der Waals surface area contributed by atoms with Crippen LogP contribution in [-0.2, 0) is 9.53 Å². The van der Waals surface area contributed by atoms with Crippen LogP contribution < -0.4 is 5.73 Å². The Hall–Kier alpha value is -0.870. The van der Waals surface area contributed by atoms with E-state index in [0.29, 0.717) is 13.2 Å². The lowest BCUT2D eigenvalue weighted by molar-refractivity contribution is -0.141. The molecule has 1 aromatic carbocycles. The Morgan fingerprint density at radius 2 is 2.07 bits per heavy atom. The van der Waals surface area contributed by atoms with Crippen molar-refractivity contribution < 1.29 is 9.53 Å². The van der Waals surface area contributed by atoms with Gasteiger partial charge in [0.1, 0.15) is 0 Å². The van der Waals surface area contributed by atoms with Gasteiger partial charge in [0.05, 0.1) is 6.61 Å². The van der Waals surface area contributed by atoms with Gasteiger partial charge >= 0.3 is 5.97 Å². The first-order valence-corrected chi connectivity index (χ1v) is 5.51. The summed E-state index contributed by atoms with van der Waals surface area (Å²) in [6.45, 7) is 2.21. The van der Waals surface area contributed by atoms with E-state index in [4.69, 9.17) is 10.5 Å². The summed E-state index contributed by atoms with van der Waals surface area (Å²) >= 11 is 3.36. The number of ether oxygens (including phenoxy) is 1. The lowest BCUT2D eigenvalue weighted by atomic mass is 10.0. The maximum atomic E-state index is 10.7. The van der Waals surface area contributed by atoms with Crippen LogP contribution in [0.25, 0.3) is 0 Å². The molecule has 82 valence electrons. The van der Waals surface area contributed by atoms with E-state index in [9.17, 15) is 4.79 Å². The first-order chi connectivity index (χ1) is 7.13. The van der Waals surface area contributed by atoms with Gasteiger partial charge in [-0.1, -0.05) is 28.1 Å². The van der Waals surface area contributed by atoms with Crippen molar-refractivity contribution in [3.63, 3.8) is 0 Å². The van der Waals surface area contributed by atoms with Crippen molar-refractivity contribution in [3.8, 4) is 0 Å². The van der Waals surface area contributed by atoms with Crippen LogP contribution in [0.1, 0.15) is 18.4 Å². The highest BCUT2D eigenvalue weighted by molar-refractivity contribution is 9.10. The van der Waals surface area contributed by atoms with E-state index in [2.05, 4.69) is 15.9 Å². The number of nitrogens with two attached hydrogens (primary N) is 1. The molecule has 0 radical (unpaired) electrons. The van der Waals surface area contributed by atoms with Crippen LogP contribution in [0.5, 0.6) is 0 Å². The second kappa shape index (κ2) is 5.88. The highest BCUT2D eigenvalue weighted by Crippen LogP contribution is 2.18. The molecule has 0 heterocycles. The topological polar surface area (TPSA) is 52.3 Å². The van der Waals surface area contributed by atoms with E-state index < -0.39 is 0 Å². The van der Waals surface area contributed by atoms with Crippen molar-refractivity contribution in [2.24, 2.45) is 5.73 Å². The van der Waals surface area contributed by atoms with Crippen molar-refractivity contribution >= 4 is 21.9 Å². The summed E-state index contributed by atoms with van der Waals surface area (Å²) in [5.41, 5.74) is 6.71. The molecule has 1 unspecified atom stereocenters. The summed E-state index contributed by atoms with van der Waals surface area (Å²) < 4.78 is 5.97. The van der Waals surface area contributed by atoms with Gasteiger partial charge in [0, 0.05) is 23.9 Å². The Labute approximate surface area is 97.7 Å². The van der Waals surface area contributed by atoms with Gasteiger partial charge in [-0.15, -0.1) is 0 Å². The molecule has 4 heteroatoms. The largest absolute Gasteiger partial charge is 0.465 e. The predicted octanol–water partition coefficient (Wildman–Crippen LogP) is 2.05. The Morgan fingerprint density at radius 3 is 2.53 bits per heavy atom. The normalized spacial score (nSPS) is 12.2. The summed E-state index contributed by atoms with van der Waals surface area (Å²) in [5, 5.41) is 0. The molecule has 1 atom stereocenters. The van der Waals surface area contributed by atoms with Crippen LogP contribution >= 0.6 is 15.9 Å². The minimum absolute atomic E-state index is 0.0713. The van der Waals surface area contributed by atoms with E-state index in [1.165, 1.54) is 6.92 Å². The number of rotatable bonds is 4. The van der Waals surface area contributed by atoms with Gasteiger partial charge in [-0.2, -0.15) is 0 Å². The molecule has 0 aliphatic rings. The van der Waals surface area contributed by atoms with Gasteiger partial charge in [0.2, 0.25) is 0 Å². The molecule has 0 aliphatic carbocycles. The SMILES string of the molecule is CC(=O)OCC(CN)c1ccc(Br)cc1. The molecule has 0 aliphatic heterocycles. The number of carbonyl (C=O) groups excluding carboxylic acids is 1. The van der Waals surface area contributed by atoms with E-state index in [1.807, 2.05) is 24.3 Å². The molecular weight excluding hydrogens is 258 g/mol. The summed E-state index contributed by atoms with van der Waals surface area (Å²) in [7, 11) is 0. The van der Waals surface area contributed by atoms with Crippen molar-refractivity contribution in [1.29, 1.82) is 0 Å². The van der Waals surface area contributed by atoms with Gasteiger partial charge in [0.15, 0.2) is 0 Å². The number of carbonyl (C=O) groups is 1. The monoisotopic (exact) mass is 271 g/mol. The minimum atomic E-state index is -0.273. The molecule has 0 saturated heterocycles. The van der Waals surface area contributed by atoms with Gasteiger partial charge < -0.3 is 10.5 Å².